The molecular formula is C14H10F2N2. The van der Waals surface area contributed by atoms with Crippen molar-refractivity contribution in [1.29, 1.82) is 0 Å². The Hall–Kier alpha value is -2.23. The summed E-state index contributed by atoms with van der Waals surface area (Å²) >= 11 is 0. The lowest BCUT2D eigenvalue weighted by Gasteiger charge is -1.96. The third kappa shape index (κ3) is 1.76. The first-order valence-corrected chi connectivity index (χ1v) is 5.54. The quantitative estimate of drug-likeness (QED) is 0.639. The minimum Gasteiger partial charge on any atom is -0.306 e. The molecule has 0 saturated carbocycles. The van der Waals surface area contributed by atoms with Crippen molar-refractivity contribution in [3.05, 3.63) is 59.9 Å². The topological polar surface area (TPSA) is 17.3 Å². The molecule has 4 heteroatoms. The van der Waals surface area contributed by atoms with Gasteiger partial charge in [-0.25, -0.2) is 13.8 Å². The molecule has 3 rings (SSSR count). The third-order valence-corrected chi connectivity index (χ3v) is 2.83. The van der Waals surface area contributed by atoms with Crippen LogP contribution in [-0.2, 0) is 0 Å². The first-order valence-electron chi connectivity index (χ1n) is 5.54. The van der Waals surface area contributed by atoms with Gasteiger partial charge >= 0.3 is 0 Å². The third-order valence-electron chi connectivity index (χ3n) is 2.83. The molecular weight excluding hydrogens is 234 g/mol. The minimum absolute atomic E-state index is 0.565. The molecule has 0 bridgehead atoms. The first-order chi connectivity index (χ1) is 8.63. The normalized spacial score (nSPS) is 11.1. The predicted octanol–water partition coefficient (Wildman–Crippen LogP) is 3.59. The number of hydrogen-bond acceptors (Lipinski definition) is 1. The van der Waals surface area contributed by atoms with Crippen molar-refractivity contribution in [2.24, 2.45) is 0 Å². The van der Waals surface area contributed by atoms with Crippen LogP contribution in [0.2, 0.25) is 0 Å². The van der Waals surface area contributed by atoms with E-state index in [1.807, 2.05) is 29.7 Å². The van der Waals surface area contributed by atoms with Gasteiger partial charge in [0, 0.05) is 18.0 Å². The summed E-state index contributed by atoms with van der Waals surface area (Å²) in [5.74, 6) is -1.71. The van der Waals surface area contributed by atoms with Crippen LogP contribution < -0.4 is 0 Å². The van der Waals surface area contributed by atoms with Crippen molar-refractivity contribution in [1.82, 2.24) is 9.38 Å². The molecule has 0 atom stereocenters. The van der Waals surface area contributed by atoms with Crippen LogP contribution in [0.1, 0.15) is 5.56 Å². The lowest BCUT2D eigenvalue weighted by Crippen LogP contribution is -1.85. The molecule has 90 valence electrons. The highest BCUT2D eigenvalue weighted by molar-refractivity contribution is 5.62. The fourth-order valence-corrected chi connectivity index (χ4v) is 1.88. The molecule has 18 heavy (non-hydrogen) atoms. The summed E-state index contributed by atoms with van der Waals surface area (Å²) in [7, 11) is 0. The zero-order valence-electron chi connectivity index (χ0n) is 9.69. The van der Waals surface area contributed by atoms with Gasteiger partial charge < -0.3 is 4.40 Å². The van der Waals surface area contributed by atoms with Crippen molar-refractivity contribution in [2.45, 2.75) is 6.92 Å². The van der Waals surface area contributed by atoms with Crippen LogP contribution in [0.25, 0.3) is 16.9 Å². The molecule has 0 saturated heterocycles. The molecule has 1 aromatic carbocycles. The highest BCUT2D eigenvalue weighted by atomic mass is 19.2. The van der Waals surface area contributed by atoms with Crippen LogP contribution in [0.5, 0.6) is 0 Å². The Morgan fingerprint density at radius 1 is 1.06 bits per heavy atom. The summed E-state index contributed by atoms with van der Waals surface area (Å²) < 4.78 is 27.9. The second-order valence-corrected chi connectivity index (χ2v) is 4.22. The molecule has 2 nitrogen and oxygen atoms in total. The van der Waals surface area contributed by atoms with Gasteiger partial charge in [0.2, 0.25) is 0 Å². The SMILES string of the molecule is Cc1ccn2cc(-c3ccc(F)c(F)c3)nc2c1. The van der Waals surface area contributed by atoms with E-state index in [-0.39, 0.29) is 0 Å². The lowest BCUT2D eigenvalue weighted by molar-refractivity contribution is 0.509. The first kappa shape index (κ1) is 10.9. The molecule has 0 spiro atoms. The molecule has 0 fully saturated rings. The Morgan fingerprint density at radius 2 is 1.89 bits per heavy atom. The molecule has 0 aliphatic heterocycles. The fourth-order valence-electron chi connectivity index (χ4n) is 1.88. The number of aryl methyl sites for hydroxylation is 1. The molecule has 0 radical (unpaired) electrons. The lowest BCUT2D eigenvalue weighted by atomic mass is 10.1. The van der Waals surface area contributed by atoms with E-state index in [0.29, 0.717) is 11.3 Å². The van der Waals surface area contributed by atoms with Crippen molar-refractivity contribution in [3.63, 3.8) is 0 Å². The Labute approximate surface area is 103 Å². The maximum Gasteiger partial charge on any atom is 0.159 e. The maximum atomic E-state index is 13.2. The smallest absolute Gasteiger partial charge is 0.159 e. The Morgan fingerprint density at radius 3 is 2.67 bits per heavy atom. The van der Waals surface area contributed by atoms with Crippen LogP contribution in [0.4, 0.5) is 8.78 Å². The number of nitrogens with zero attached hydrogens (tertiary/aromatic N) is 2. The molecule has 0 amide bonds. The number of aromatic nitrogens is 2. The number of benzene rings is 1. The van der Waals surface area contributed by atoms with Gasteiger partial charge in [0.25, 0.3) is 0 Å². The van der Waals surface area contributed by atoms with E-state index in [0.717, 1.165) is 23.3 Å². The largest absolute Gasteiger partial charge is 0.306 e. The van der Waals surface area contributed by atoms with Crippen molar-refractivity contribution >= 4 is 5.65 Å². The monoisotopic (exact) mass is 244 g/mol. The van der Waals surface area contributed by atoms with Crippen LogP contribution in [0.3, 0.4) is 0 Å². The molecule has 2 heterocycles. The Bertz CT molecular complexity index is 732. The van der Waals surface area contributed by atoms with E-state index < -0.39 is 11.6 Å². The maximum absolute atomic E-state index is 13.2. The van der Waals surface area contributed by atoms with Gasteiger partial charge in [-0.3, -0.25) is 0 Å². The number of fused-ring (bicyclic) bond motifs is 1. The number of imidazole rings is 1. The molecule has 0 aliphatic carbocycles. The van der Waals surface area contributed by atoms with Gasteiger partial charge in [0.05, 0.1) is 5.69 Å². The van der Waals surface area contributed by atoms with Crippen molar-refractivity contribution in [3.8, 4) is 11.3 Å². The van der Waals surface area contributed by atoms with Crippen molar-refractivity contribution in [2.75, 3.05) is 0 Å². The van der Waals surface area contributed by atoms with Crippen LogP contribution in [-0.4, -0.2) is 9.38 Å². The van der Waals surface area contributed by atoms with E-state index >= 15 is 0 Å². The van der Waals surface area contributed by atoms with Crippen LogP contribution >= 0.6 is 0 Å². The number of halogens is 2. The molecule has 2 aromatic heterocycles. The predicted molar refractivity (Wildman–Crippen MR) is 65.3 cm³/mol. The summed E-state index contributed by atoms with van der Waals surface area (Å²) in [5, 5.41) is 0. The number of pyridine rings is 1. The average Bonchev–Trinajstić information content (AvgIpc) is 2.75. The average molecular weight is 244 g/mol. The fraction of sp³-hybridized carbons (Fsp3) is 0.0714. The van der Waals surface area contributed by atoms with Gasteiger partial charge in [-0.05, 0) is 42.8 Å². The summed E-state index contributed by atoms with van der Waals surface area (Å²) in [5.41, 5.74) is 3.08. The van der Waals surface area contributed by atoms with Gasteiger partial charge in [0.15, 0.2) is 11.6 Å². The van der Waals surface area contributed by atoms with E-state index in [2.05, 4.69) is 4.98 Å². The second kappa shape index (κ2) is 3.91. The standard InChI is InChI=1S/C14H10F2N2/c1-9-4-5-18-8-13(17-14(18)6-9)10-2-3-11(15)12(16)7-10/h2-8H,1H3. The molecule has 3 aromatic rings. The van der Waals surface area contributed by atoms with Crippen molar-refractivity contribution < 1.29 is 8.78 Å². The summed E-state index contributed by atoms with van der Waals surface area (Å²) in [4.78, 5) is 4.39. The minimum atomic E-state index is -0.860. The Kier molecular flexibility index (Phi) is 2.37. The Balaban J connectivity index is 2.16. The zero-order valence-corrected chi connectivity index (χ0v) is 9.69. The van der Waals surface area contributed by atoms with Gasteiger partial charge in [-0.1, -0.05) is 0 Å². The second-order valence-electron chi connectivity index (χ2n) is 4.22. The number of hydrogen-bond donors (Lipinski definition) is 0. The van der Waals surface area contributed by atoms with Gasteiger partial charge in [-0.15, -0.1) is 0 Å². The number of rotatable bonds is 1. The van der Waals surface area contributed by atoms with E-state index in [1.54, 1.807) is 6.20 Å². The molecule has 0 N–H and O–H groups in total. The summed E-state index contributed by atoms with van der Waals surface area (Å²) in [6.07, 6.45) is 3.68. The zero-order chi connectivity index (χ0) is 12.7. The van der Waals surface area contributed by atoms with Crippen LogP contribution in [0.15, 0.2) is 42.7 Å². The van der Waals surface area contributed by atoms with Crippen LogP contribution in [0, 0.1) is 18.6 Å². The molecule has 0 aliphatic rings. The van der Waals surface area contributed by atoms with E-state index in [4.69, 9.17) is 0 Å². The van der Waals surface area contributed by atoms with E-state index in [9.17, 15) is 8.78 Å². The summed E-state index contributed by atoms with van der Waals surface area (Å²) in [6, 6.07) is 7.68. The van der Waals surface area contributed by atoms with E-state index in [1.165, 1.54) is 6.07 Å². The summed E-state index contributed by atoms with van der Waals surface area (Å²) in [6.45, 7) is 1.98. The highest BCUT2D eigenvalue weighted by Gasteiger charge is 2.08. The molecule has 0 unspecified atom stereocenters. The highest BCUT2D eigenvalue weighted by Crippen LogP contribution is 2.21. The van der Waals surface area contributed by atoms with Gasteiger partial charge in [-0.2, -0.15) is 0 Å². The van der Waals surface area contributed by atoms with Gasteiger partial charge in [0.1, 0.15) is 5.65 Å².